The summed E-state index contributed by atoms with van der Waals surface area (Å²) in [6.45, 7) is 0. The molecule has 4 heteroatoms. The van der Waals surface area contributed by atoms with E-state index in [1.807, 2.05) is 0 Å². The minimum absolute atomic E-state index is 0. The summed E-state index contributed by atoms with van der Waals surface area (Å²) in [5, 5.41) is 0. The zero-order chi connectivity index (χ0) is 2.71. The van der Waals surface area contributed by atoms with Crippen molar-refractivity contribution in [3.8, 4) is 0 Å². The summed E-state index contributed by atoms with van der Waals surface area (Å²) in [5.74, 6) is 0. The Morgan fingerprint density at radius 3 is 1.75 bits per heavy atom. The molecule has 1 nitrogen and oxygen atoms in total. The van der Waals surface area contributed by atoms with Gasteiger partial charge in [0.25, 0.3) is 0 Å². The fraction of sp³-hybridized carbons (Fsp3) is 0. The van der Waals surface area contributed by atoms with Gasteiger partial charge in [-0.05, 0) is 0 Å². The molecule has 0 amide bonds. The zero-order valence-corrected chi connectivity index (χ0v) is 8.22. The van der Waals surface area contributed by atoms with Crippen molar-refractivity contribution in [2.75, 3.05) is 0 Å². The Bertz CT molecular complexity index is 8.00. The maximum atomic E-state index is 8.88. The summed E-state index contributed by atoms with van der Waals surface area (Å²) in [6.07, 6.45) is 0. The van der Waals surface area contributed by atoms with Gasteiger partial charge < -0.3 is 0 Å². The Kier molecular flexibility index (Phi) is 20.6. The molecule has 0 aliphatic rings. The third-order valence-corrected chi connectivity index (χ3v) is 0. The van der Waals surface area contributed by atoms with Gasteiger partial charge in [0.1, 0.15) is 0 Å². The second-order valence-corrected chi connectivity index (χ2v) is 1.70. The topological polar surface area (TPSA) is 23.1 Å². The fourth-order valence-corrected chi connectivity index (χ4v) is 0. The van der Waals surface area contributed by atoms with Crippen LogP contribution in [0.5, 0.6) is 0 Å². The second-order valence-electron chi connectivity index (χ2n) is 0.109. The van der Waals surface area contributed by atoms with Crippen LogP contribution < -0.4 is 33.5 Å². The van der Waals surface area contributed by atoms with Gasteiger partial charge in [0.05, 0.1) is 0 Å². The third-order valence-electron chi connectivity index (χ3n) is 0. The third kappa shape index (κ3) is 9.11. The van der Waals surface area contributed by atoms with E-state index in [9.17, 15) is 0 Å². The van der Waals surface area contributed by atoms with Crippen LogP contribution in [0.1, 0.15) is 0 Å². The summed E-state index contributed by atoms with van der Waals surface area (Å²) in [5.41, 5.74) is 0. The first-order chi connectivity index (χ1) is 1.41. The monoisotopic (exact) mass is 138 g/mol. The normalized spacial score (nSPS) is 2.50. The summed E-state index contributed by atoms with van der Waals surface area (Å²) >= 11 is -1.65. The van der Waals surface area contributed by atoms with Crippen molar-refractivity contribution in [3.63, 3.8) is 0 Å². The predicted octanol–water partition coefficient (Wildman–Crippen LogP) is -3.50. The predicted molar refractivity (Wildman–Crippen MR) is 5.85 cm³/mol. The van der Waals surface area contributed by atoms with E-state index in [0.29, 0.717) is 0 Å². The van der Waals surface area contributed by atoms with Gasteiger partial charge in [-0.3, -0.25) is 0 Å². The van der Waals surface area contributed by atoms with Crippen LogP contribution in [0.4, 0.5) is 0 Å². The van der Waals surface area contributed by atoms with Crippen LogP contribution in [0.3, 0.4) is 0 Å². The van der Waals surface area contributed by atoms with Crippen LogP contribution >= 0.6 is 9.69 Å². The zero-order valence-electron chi connectivity index (χ0n) is 2.49. The molecule has 0 rings (SSSR count). The quantitative estimate of drug-likeness (QED) is 0.320. The summed E-state index contributed by atoms with van der Waals surface area (Å²) in [4.78, 5) is 0. The average Bonchev–Trinajstić information content (AvgIpc) is 0.918. The van der Waals surface area contributed by atoms with Crippen molar-refractivity contribution in [2.24, 2.45) is 0 Å². The van der Waals surface area contributed by atoms with Gasteiger partial charge in [0.15, 0.2) is 0 Å². The van der Waals surface area contributed by atoms with E-state index in [0.717, 1.165) is 0 Å². The molecule has 0 fully saturated rings. The maximum absolute atomic E-state index is 8.88. The van der Waals surface area contributed by atoms with Gasteiger partial charge in [-0.15, -0.1) is 0 Å². The number of hydrogen-bond donors (Lipinski definition) is 0. The van der Waals surface area contributed by atoms with Crippen molar-refractivity contribution < 1.29 is 50.0 Å². The molecular weight excluding hydrogens is 140 g/mol. The SMILES string of the molecule is [Na+].[O-][Zn][Cl]. The van der Waals surface area contributed by atoms with Gasteiger partial charge in [0, 0.05) is 0 Å². The summed E-state index contributed by atoms with van der Waals surface area (Å²) < 4.78 is 8.88. The summed E-state index contributed by atoms with van der Waals surface area (Å²) in [6, 6.07) is 0. The van der Waals surface area contributed by atoms with Crippen molar-refractivity contribution in [3.05, 3.63) is 0 Å². The molecule has 0 aromatic carbocycles. The van der Waals surface area contributed by atoms with Gasteiger partial charge in [-0.1, -0.05) is 0 Å². The Morgan fingerprint density at radius 2 is 1.75 bits per heavy atom. The van der Waals surface area contributed by atoms with E-state index < -0.39 is 16.5 Å². The number of rotatable bonds is 0. The molecule has 0 aliphatic heterocycles. The molecule has 0 aliphatic carbocycles. The van der Waals surface area contributed by atoms with E-state index in [4.69, 9.17) is 3.93 Å². The van der Waals surface area contributed by atoms with Crippen LogP contribution in [-0.2, 0) is 16.5 Å². The van der Waals surface area contributed by atoms with Crippen molar-refractivity contribution >= 4 is 9.69 Å². The van der Waals surface area contributed by atoms with E-state index in [1.54, 1.807) is 0 Å². The van der Waals surface area contributed by atoms with E-state index in [1.165, 1.54) is 0 Å². The van der Waals surface area contributed by atoms with Crippen molar-refractivity contribution in [2.45, 2.75) is 0 Å². The number of hydrogen-bond acceptors (Lipinski definition) is 1. The molecule has 0 saturated carbocycles. The van der Waals surface area contributed by atoms with Crippen LogP contribution in [0.15, 0.2) is 0 Å². The van der Waals surface area contributed by atoms with Gasteiger partial charge in [-0.2, -0.15) is 0 Å². The standard InChI is InChI=1S/ClH.Na.O.Zn/h1H;;;/q;+1;-1;+1/p-1. The Hall–Kier alpha value is 1.87. The molecular formula is ClNaOZn. The molecule has 0 saturated heterocycles. The van der Waals surface area contributed by atoms with Gasteiger partial charge in [-0.25, -0.2) is 0 Å². The Labute approximate surface area is 59.1 Å². The van der Waals surface area contributed by atoms with Crippen LogP contribution in [0, 0.1) is 0 Å². The van der Waals surface area contributed by atoms with Crippen molar-refractivity contribution in [1.82, 2.24) is 0 Å². The fourth-order valence-electron chi connectivity index (χ4n) is 0. The molecule has 0 heterocycles. The molecule has 0 atom stereocenters. The molecule has 0 unspecified atom stereocenters. The average molecular weight is 140 g/mol. The molecule has 16 valence electrons. The Balaban J connectivity index is 0. The van der Waals surface area contributed by atoms with E-state index in [-0.39, 0.29) is 29.6 Å². The molecule has 0 N–H and O–H groups in total. The van der Waals surface area contributed by atoms with E-state index in [2.05, 4.69) is 9.69 Å². The molecule has 0 radical (unpaired) electrons. The van der Waals surface area contributed by atoms with Crippen LogP contribution in [0.2, 0.25) is 0 Å². The first-order valence-corrected chi connectivity index (χ1v) is 5.67. The molecule has 0 spiro atoms. The number of halogens is 1. The first-order valence-electron chi connectivity index (χ1n) is 0.556. The minimum atomic E-state index is -1.65. The van der Waals surface area contributed by atoms with Crippen LogP contribution in [-0.4, -0.2) is 0 Å². The Morgan fingerprint density at radius 1 is 1.75 bits per heavy atom. The van der Waals surface area contributed by atoms with E-state index >= 15 is 0 Å². The molecule has 4 heavy (non-hydrogen) atoms. The summed E-state index contributed by atoms with van der Waals surface area (Å²) in [7, 11) is 4.63. The van der Waals surface area contributed by atoms with Crippen molar-refractivity contribution in [1.29, 1.82) is 0 Å². The second kappa shape index (κ2) is 8.86. The first kappa shape index (κ1) is 9.30. The molecule has 0 aromatic rings. The van der Waals surface area contributed by atoms with Gasteiger partial charge in [0.2, 0.25) is 0 Å². The molecule has 0 bridgehead atoms. The van der Waals surface area contributed by atoms with Crippen LogP contribution in [0.25, 0.3) is 0 Å². The van der Waals surface area contributed by atoms with Gasteiger partial charge >= 0.3 is 59.7 Å². The molecule has 0 aromatic heterocycles.